The summed E-state index contributed by atoms with van der Waals surface area (Å²) in [6.07, 6.45) is 3.12. The van der Waals surface area contributed by atoms with Gasteiger partial charge in [0.25, 0.3) is 5.91 Å². The van der Waals surface area contributed by atoms with Crippen LogP contribution >= 0.6 is 11.6 Å². The number of aromatic hydroxyl groups is 1. The first-order valence-electron chi connectivity index (χ1n) is 11.6. The topological polar surface area (TPSA) is 86.2 Å². The third kappa shape index (κ3) is 4.23. The van der Waals surface area contributed by atoms with E-state index in [0.29, 0.717) is 31.7 Å². The van der Waals surface area contributed by atoms with E-state index in [1.54, 1.807) is 16.8 Å². The largest absolute Gasteiger partial charge is 0.507 e. The Morgan fingerprint density at radius 2 is 2.11 bits per heavy atom. The van der Waals surface area contributed by atoms with Crippen LogP contribution in [0.25, 0.3) is 11.3 Å². The van der Waals surface area contributed by atoms with Gasteiger partial charge in [-0.3, -0.25) is 14.5 Å². The number of phenols is 1. The van der Waals surface area contributed by atoms with E-state index in [1.807, 2.05) is 0 Å². The van der Waals surface area contributed by atoms with Crippen LogP contribution in [0.3, 0.4) is 0 Å². The summed E-state index contributed by atoms with van der Waals surface area (Å²) >= 11 is 6.72. The van der Waals surface area contributed by atoms with Crippen LogP contribution in [0.4, 0.5) is 4.39 Å². The van der Waals surface area contributed by atoms with E-state index >= 15 is 0 Å². The molecule has 2 fully saturated rings. The fraction of sp³-hybridized carbons (Fsp3) is 0.400. The molecule has 1 N–H and O–H groups in total. The molecule has 1 saturated heterocycles. The molecule has 10 heteroatoms. The van der Waals surface area contributed by atoms with E-state index < -0.39 is 5.82 Å². The molecule has 3 heterocycles. The smallest absolute Gasteiger partial charge is 0.272 e. The van der Waals surface area contributed by atoms with Gasteiger partial charge in [0, 0.05) is 44.8 Å². The average molecular weight is 501 g/mol. The molecule has 1 saturated carbocycles. The molecule has 0 spiro atoms. The summed E-state index contributed by atoms with van der Waals surface area (Å²) in [5.41, 5.74) is 0.424. The molecule has 1 aromatic carbocycles. The second-order valence-electron chi connectivity index (χ2n) is 9.14. The monoisotopic (exact) mass is 500 g/mol. The Balaban J connectivity index is 1.61. The molecule has 8 nitrogen and oxygen atoms in total. The van der Waals surface area contributed by atoms with Gasteiger partial charge in [-0.1, -0.05) is 24.2 Å². The van der Waals surface area contributed by atoms with Crippen LogP contribution < -0.4 is 4.74 Å². The van der Waals surface area contributed by atoms with Crippen LogP contribution in [0.1, 0.15) is 28.9 Å². The molecule has 3 aliphatic rings. The van der Waals surface area contributed by atoms with E-state index in [9.17, 15) is 19.1 Å². The number of piperazine rings is 1. The zero-order valence-electron chi connectivity index (χ0n) is 19.3. The maximum atomic E-state index is 14.8. The Labute approximate surface area is 207 Å². The van der Waals surface area contributed by atoms with E-state index in [1.165, 1.54) is 24.3 Å². The van der Waals surface area contributed by atoms with Gasteiger partial charge in [0.05, 0.1) is 11.6 Å². The first-order chi connectivity index (χ1) is 16.8. The Hall–Kier alpha value is -3.17. The Kier molecular flexibility index (Phi) is 6.14. The highest BCUT2D eigenvalue weighted by Gasteiger charge is 2.38. The Morgan fingerprint density at radius 1 is 1.34 bits per heavy atom. The second-order valence-corrected chi connectivity index (χ2v) is 9.51. The molecule has 2 amide bonds. The van der Waals surface area contributed by atoms with Crippen molar-refractivity contribution >= 4 is 23.4 Å². The van der Waals surface area contributed by atoms with Crippen LogP contribution in [0.15, 0.2) is 30.9 Å². The predicted octanol–water partition coefficient (Wildman–Crippen LogP) is 3.07. The van der Waals surface area contributed by atoms with Gasteiger partial charge in [-0.2, -0.15) is 0 Å². The highest BCUT2D eigenvalue weighted by Crippen LogP contribution is 2.44. The SMILES string of the molecule is C=CC(=O)N1CCN2Cc3c(C(=O)N(C)C4CC4)nc(-c4c(O)cccc4F)c(Cl)c3OCC2C1. The van der Waals surface area contributed by atoms with Gasteiger partial charge >= 0.3 is 0 Å². The maximum Gasteiger partial charge on any atom is 0.272 e. The third-order valence-electron chi connectivity index (χ3n) is 6.91. The predicted molar refractivity (Wildman–Crippen MR) is 128 cm³/mol. The number of ether oxygens (including phenoxy) is 1. The molecule has 2 aliphatic heterocycles. The zero-order valence-corrected chi connectivity index (χ0v) is 20.1. The lowest BCUT2D eigenvalue weighted by Gasteiger charge is -2.39. The standard InChI is InChI=1S/C25H26ClFN4O4/c1-3-19(33)31-10-9-30-12-16-22(25(34)29(2)14-7-8-14)28-23(20-17(27)5-4-6-18(20)32)21(26)24(16)35-13-15(30)11-31/h3-6,14-15,32H,1,7-13H2,2H3. The van der Waals surface area contributed by atoms with Gasteiger partial charge < -0.3 is 19.6 Å². The number of benzene rings is 1. The molecule has 1 unspecified atom stereocenters. The first kappa shape index (κ1) is 23.6. The van der Waals surface area contributed by atoms with Gasteiger partial charge in [-0.15, -0.1) is 0 Å². The van der Waals surface area contributed by atoms with Gasteiger partial charge in [0.1, 0.15) is 40.3 Å². The summed E-state index contributed by atoms with van der Waals surface area (Å²) < 4.78 is 21.0. The number of aromatic nitrogens is 1. The minimum absolute atomic E-state index is 0.0323. The maximum absolute atomic E-state index is 14.8. The summed E-state index contributed by atoms with van der Waals surface area (Å²) in [6.45, 7) is 5.66. The lowest BCUT2D eigenvalue weighted by molar-refractivity contribution is -0.129. The lowest BCUT2D eigenvalue weighted by Crippen LogP contribution is -2.55. The van der Waals surface area contributed by atoms with E-state index in [0.717, 1.165) is 12.8 Å². The van der Waals surface area contributed by atoms with E-state index in [4.69, 9.17) is 16.3 Å². The number of pyridine rings is 1. The van der Waals surface area contributed by atoms with E-state index in [2.05, 4.69) is 16.5 Å². The molecule has 2 aromatic rings. The number of fused-ring (bicyclic) bond motifs is 2. The molecule has 1 atom stereocenters. The number of hydrogen-bond donors (Lipinski definition) is 1. The summed E-state index contributed by atoms with van der Waals surface area (Å²) in [7, 11) is 1.73. The van der Waals surface area contributed by atoms with Crippen molar-refractivity contribution in [3.63, 3.8) is 0 Å². The molecular formula is C25H26ClFN4O4. The quantitative estimate of drug-likeness (QED) is 0.649. The van der Waals surface area contributed by atoms with Gasteiger partial charge in [0.2, 0.25) is 5.91 Å². The number of amides is 2. The summed E-state index contributed by atoms with van der Waals surface area (Å²) in [5.74, 6) is -1.25. The molecule has 5 rings (SSSR count). The molecular weight excluding hydrogens is 475 g/mol. The summed E-state index contributed by atoms with van der Waals surface area (Å²) in [6, 6.07) is 3.91. The number of halogens is 2. The van der Waals surface area contributed by atoms with Crippen molar-refractivity contribution in [1.29, 1.82) is 0 Å². The number of nitrogens with zero attached hydrogens (tertiary/aromatic N) is 4. The summed E-state index contributed by atoms with van der Waals surface area (Å²) in [5, 5.41) is 10.4. The average Bonchev–Trinajstić information content (AvgIpc) is 3.70. The molecule has 1 aromatic heterocycles. The molecule has 1 aliphatic carbocycles. The summed E-state index contributed by atoms with van der Waals surface area (Å²) in [4.78, 5) is 35.7. The van der Waals surface area contributed by atoms with Crippen molar-refractivity contribution in [2.45, 2.75) is 31.5 Å². The fourth-order valence-corrected chi connectivity index (χ4v) is 5.03. The van der Waals surface area contributed by atoms with Gasteiger partial charge in [0.15, 0.2) is 0 Å². The lowest BCUT2D eigenvalue weighted by atomic mass is 10.0. The number of hydrogen-bond acceptors (Lipinski definition) is 6. The number of phenolic OH excluding ortho intramolecular Hbond substituents is 1. The Morgan fingerprint density at radius 3 is 2.80 bits per heavy atom. The number of carbonyl (C=O) groups excluding carboxylic acids is 2. The molecule has 0 bridgehead atoms. The normalized spacial score (nSPS) is 19.7. The van der Waals surface area contributed by atoms with Crippen LogP contribution in [0.2, 0.25) is 5.02 Å². The van der Waals surface area contributed by atoms with Gasteiger partial charge in [-0.25, -0.2) is 9.37 Å². The van der Waals surface area contributed by atoms with Crippen LogP contribution in [0, 0.1) is 5.82 Å². The van der Waals surface area contributed by atoms with Crippen LogP contribution in [-0.2, 0) is 11.3 Å². The molecule has 0 radical (unpaired) electrons. The van der Waals surface area contributed by atoms with Gasteiger partial charge in [-0.05, 0) is 31.1 Å². The van der Waals surface area contributed by atoms with E-state index in [-0.39, 0.29) is 64.0 Å². The molecule has 184 valence electrons. The minimum Gasteiger partial charge on any atom is -0.507 e. The van der Waals surface area contributed by atoms with Crippen molar-refractivity contribution in [2.75, 3.05) is 33.3 Å². The number of carbonyl (C=O) groups is 2. The highest BCUT2D eigenvalue weighted by molar-refractivity contribution is 6.35. The van der Waals surface area contributed by atoms with Crippen molar-refractivity contribution < 1.29 is 23.8 Å². The highest BCUT2D eigenvalue weighted by atomic mass is 35.5. The van der Waals surface area contributed by atoms with Crippen molar-refractivity contribution in [3.8, 4) is 22.8 Å². The zero-order chi connectivity index (χ0) is 24.9. The minimum atomic E-state index is -0.710. The Bertz CT molecular complexity index is 1200. The number of rotatable bonds is 4. The first-order valence-corrected chi connectivity index (χ1v) is 11.9. The van der Waals surface area contributed by atoms with Crippen molar-refractivity contribution in [3.05, 3.63) is 53.0 Å². The van der Waals surface area contributed by atoms with Crippen LogP contribution in [0.5, 0.6) is 11.5 Å². The van der Waals surface area contributed by atoms with Crippen molar-refractivity contribution in [2.24, 2.45) is 0 Å². The molecule has 35 heavy (non-hydrogen) atoms. The second kappa shape index (κ2) is 9.13. The third-order valence-corrected chi connectivity index (χ3v) is 7.26. The van der Waals surface area contributed by atoms with Crippen molar-refractivity contribution in [1.82, 2.24) is 19.7 Å². The fourth-order valence-electron chi connectivity index (χ4n) is 4.73. The van der Waals surface area contributed by atoms with Crippen LogP contribution in [-0.4, -0.2) is 82.0 Å².